The van der Waals surface area contributed by atoms with Crippen LogP contribution in [0.4, 0.5) is 22.4 Å². The summed E-state index contributed by atoms with van der Waals surface area (Å²) in [4.78, 5) is 48.4. The van der Waals surface area contributed by atoms with Crippen LogP contribution in [0.3, 0.4) is 0 Å². The first-order chi connectivity index (χ1) is 35.1. The highest BCUT2D eigenvalue weighted by Crippen LogP contribution is 2.52. The molecule has 0 aromatic heterocycles. The molecule has 0 aliphatic heterocycles. The molecule has 0 bridgehead atoms. The number of hydrogen-bond donors (Lipinski definition) is 5. The van der Waals surface area contributed by atoms with Gasteiger partial charge in [-0.05, 0) is 143 Å². The molecule has 16 heteroatoms. The van der Waals surface area contributed by atoms with Gasteiger partial charge in [-0.25, -0.2) is 22.4 Å². The summed E-state index contributed by atoms with van der Waals surface area (Å²) in [6, 6.07) is 21.0. The van der Waals surface area contributed by atoms with Crippen molar-refractivity contribution >= 4 is 29.5 Å². The second kappa shape index (κ2) is 28.7. The number of aliphatic hydroxyl groups is 2. The summed E-state index contributed by atoms with van der Waals surface area (Å²) in [7, 11) is 0. The number of rotatable bonds is 19. The normalized spacial score (nSPS) is 15.3. The summed E-state index contributed by atoms with van der Waals surface area (Å²) in [5.74, 6) is -3.37. The average Bonchev–Trinajstić information content (AvgIpc) is 4.26. The zero-order valence-electron chi connectivity index (χ0n) is 45.8. The highest BCUT2D eigenvalue weighted by molar-refractivity contribution is 5.74. The molecule has 2 aliphatic rings. The first kappa shape index (κ1) is 63.2. The molecule has 3 amide bonds. The number of aliphatic hydroxyl groups excluding tert-OH is 2. The molecule has 4 aromatic carbocycles. The maximum atomic E-state index is 13.8. The number of esters is 1. The lowest BCUT2D eigenvalue weighted by Gasteiger charge is -2.37. The summed E-state index contributed by atoms with van der Waals surface area (Å²) in [5.41, 5.74) is 4.21. The Kier molecular flexibility index (Phi) is 24.2. The Bertz CT molecular complexity index is 2500. The molecule has 412 valence electrons. The van der Waals surface area contributed by atoms with E-state index in [0.717, 1.165) is 53.8 Å². The van der Waals surface area contributed by atoms with Crippen molar-refractivity contribution in [1.29, 1.82) is 0 Å². The van der Waals surface area contributed by atoms with Gasteiger partial charge in [0.25, 0.3) is 0 Å². The summed E-state index contributed by atoms with van der Waals surface area (Å²) < 4.78 is 64.8. The van der Waals surface area contributed by atoms with Gasteiger partial charge >= 0.3 is 12.1 Å². The van der Waals surface area contributed by atoms with E-state index >= 15 is 0 Å². The summed E-state index contributed by atoms with van der Waals surface area (Å²) >= 11 is 0. The van der Waals surface area contributed by atoms with E-state index in [1.165, 1.54) is 48.9 Å². The highest BCUT2D eigenvalue weighted by Gasteiger charge is 2.53. The van der Waals surface area contributed by atoms with Crippen LogP contribution in [0.2, 0.25) is 0 Å². The number of carbonyl (C=O) groups is 4. The Morgan fingerprint density at radius 3 is 1.59 bits per heavy atom. The Morgan fingerprint density at radius 2 is 1.19 bits per heavy atom. The lowest BCUT2D eigenvalue weighted by atomic mass is 9.96. The fourth-order valence-corrected chi connectivity index (χ4v) is 8.55. The van der Waals surface area contributed by atoms with E-state index in [-0.39, 0.29) is 48.9 Å². The minimum atomic E-state index is -1.25. The Balaban J connectivity index is 0.000000351. The molecule has 6 rings (SSSR count). The van der Waals surface area contributed by atoms with E-state index in [2.05, 4.69) is 65.4 Å². The number of halogens is 4. The van der Waals surface area contributed by atoms with Gasteiger partial charge in [-0.1, -0.05) is 82.3 Å². The molecule has 4 aromatic rings. The van der Waals surface area contributed by atoms with Gasteiger partial charge in [-0.3, -0.25) is 19.3 Å². The van der Waals surface area contributed by atoms with Gasteiger partial charge in [0.2, 0.25) is 11.8 Å². The Labute approximate surface area is 441 Å². The number of amides is 3. The van der Waals surface area contributed by atoms with Crippen LogP contribution >= 0.6 is 0 Å². The quantitative estimate of drug-likeness (QED) is 0.0454. The van der Waals surface area contributed by atoms with Crippen molar-refractivity contribution < 1.29 is 56.4 Å². The van der Waals surface area contributed by atoms with Crippen LogP contribution in [-0.2, 0) is 47.8 Å². The van der Waals surface area contributed by atoms with Crippen LogP contribution in [0.15, 0.2) is 91.5 Å². The number of hydrogen-bond acceptors (Lipinski definition) is 9. The maximum Gasteiger partial charge on any atom is 0.411 e. The smallest absolute Gasteiger partial charge is 0.411 e. The second-order valence-electron chi connectivity index (χ2n) is 20.4. The van der Waals surface area contributed by atoms with Crippen LogP contribution in [0.1, 0.15) is 148 Å². The molecule has 2 aliphatic carbocycles. The van der Waals surface area contributed by atoms with Gasteiger partial charge in [-0.15, -0.1) is 0 Å². The first-order valence-corrected chi connectivity index (χ1v) is 25.7. The summed E-state index contributed by atoms with van der Waals surface area (Å²) in [6.07, 6.45) is 0.626. The molecule has 75 heavy (non-hydrogen) atoms. The third-order valence-electron chi connectivity index (χ3n) is 12.4. The standard InChI is InChI=1S/C29H36F2N2O4.C24H30F2N2O2.C4H8O2.C2H6/c1-18(2)21-8-7-9-22(15-21)29(10-11-29)33(27(36)37-28(4,5)6)17-26(35)25(32-19(3)34)14-20-12-23(30)16-24(31)13-20;1-15(2)18-5-4-6-19(12-18)24(7-8-24)27-14-23(30)22(28-16(3)29)11-17-9-20(25)13-21(26)10-17;1-3-6-4(2)5;1-2/h7-9,12-13,15-16,25-26,35H,1,10-11,14,17H2,2-6H3,(H,32,34);4-6,9-10,12-13,15,22-23,27,30H,7-8,11,14H2,1-3H3,(H,28,29);3H2,1-2H3;1-2H3/t25-,26+;22-,23+;;/m00../s1. The molecule has 5 N–H and O–H groups in total. The fraction of sp³-hybridized carbons (Fsp3) is 0.492. The molecule has 0 radical (unpaired) electrons. The van der Waals surface area contributed by atoms with Crippen molar-refractivity contribution in [1.82, 2.24) is 20.9 Å². The van der Waals surface area contributed by atoms with E-state index in [1.807, 2.05) is 45.0 Å². The molecule has 2 fully saturated rings. The van der Waals surface area contributed by atoms with Crippen molar-refractivity contribution in [2.24, 2.45) is 0 Å². The minimum absolute atomic E-state index is 0.0320. The number of allylic oxidation sites excluding steroid dienone is 1. The van der Waals surface area contributed by atoms with E-state index in [4.69, 9.17) is 4.74 Å². The molecular weight excluding hydrogens is 969 g/mol. The summed E-state index contributed by atoms with van der Waals surface area (Å²) in [5, 5.41) is 30.9. The van der Waals surface area contributed by atoms with E-state index < -0.39 is 70.7 Å². The van der Waals surface area contributed by atoms with Gasteiger partial charge in [0.15, 0.2) is 0 Å². The number of benzene rings is 4. The van der Waals surface area contributed by atoms with Crippen molar-refractivity contribution in [3.63, 3.8) is 0 Å². The summed E-state index contributed by atoms with van der Waals surface area (Å²) in [6.45, 7) is 25.9. The SMILES string of the molecule is C=C(C)c1cccc(C2(N(C[C@@H](O)[C@H](Cc3cc(F)cc(F)c3)NC(C)=O)C(=O)OC(C)(C)C)CC2)c1.CC.CC(=O)N[C@@H](Cc1cc(F)cc(F)c1)[C@H](O)CNC1(c2cccc(C(C)C)c2)CC1.CCOC(C)=O. The van der Waals surface area contributed by atoms with Gasteiger partial charge in [0, 0.05) is 45.0 Å². The highest BCUT2D eigenvalue weighted by atomic mass is 19.1. The number of nitrogens with zero attached hydrogens (tertiary/aromatic N) is 1. The number of carbonyl (C=O) groups excluding carboxylic acids is 4. The van der Waals surface area contributed by atoms with Crippen LogP contribution in [0.5, 0.6) is 0 Å². The molecule has 0 unspecified atom stereocenters. The second-order valence-corrected chi connectivity index (χ2v) is 20.4. The minimum Gasteiger partial charge on any atom is -0.466 e. The van der Waals surface area contributed by atoms with Crippen molar-refractivity contribution in [2.75, 3.05) is 19.7 Å². The lowest BCUT2D eigenvalue weighted by molar-refractivity contribution is -0.140. The lowest BCUT2D eigenvalue weighted by Crippen LogP contribution is -2.53. The average molecular weight is 1050 g/mol. The van der Waals surface area contributed by atoms with Crippen LogP contribution < -0.4 is 16.0 Å². The van der Waals surface area contributed by atoms with E-state index in [9.17, 15) is 47.0 Å². The predicted octanol–water partition coefficient (Wildman–Crippen LogP) is 10.7. The molecular formula is C59H80F4N4O8. The van der Waals surface area contributed by atoms with Crippen LogP contribution in [0.25, 0.3) is 5.57 Å². The van der Waals surface area contributed by atoms with Gasteiger partial charge in [0.05, 0.1) is 43.0 Å². The fourth-order valence-electron chi connectivity index (χ4n) is 8.55. The third-order valence-corrected chi connectivity index (χ3v) is 12.4. The Hall–Kier alpha value is -6.10. The number of nitrogens with one attached hydrogen (secondary N) is 3. The maximum absolute atomic E-state index is 13.8. The molecule has 12 nitrogen and oxygen atoms in total. The number of ether oxygens (including phenoxy) is 2. The Morgan fingerprint density at radius 1 is 0.707 bits per heavy atom. The topological polar surface area (TPSA) is 167 Å². The molecule has 2 saturated carbocycles. The molecule has 0 saturated heterocycles. The molecule has 0 heterocycles. The third kappa shape index (κ3) is 20.5. The van der Waals surface area contributed by atoms with Gasteiger partial charge in [0.1, 0.15) is 28.9 Å². The van der Waals surface area contributed by atoms with Gasteiger partial charge in [-0.2, -0.15) is 0 Å². The molecule has 4 atom stereocenters. The van der Waals surface area contributed by atoms with Gasteiger partial charge < -0.3 is 35.6 Å². The van der Waals surface area contributed by atoms with Crippen LogP contribution in [0, 0.1) is 23.3 Å². The van der Waals surface area contributed by atoms with Crippen molar-refractivity contribution in [3.05, 3.63) is 148 Å². The van der Waals surface area contributed by atoms with E-state index in [1.54, 1.807) is 27.7 Å². The van der Waals surface area contributed by atoms with Crippen molar-refractivity contribution in [2.45, 2.75) is 168 Å². The zero-order chi connectivity index (χ0) is 56.4. The van der Waals surface area contributed by atoms with Crippen molar-refractivity contribution in [3.8, 4) is 0 Å². The molecule has 0 spiro atoms. The predicted molar refractivity (Wildman–Crippen MR) is 285 cm³/mol. The monoisotopic (exact) mass is 1050 g/mol. The largest absolute Gasteiger partial charge is 0.466 e. The zero-order valence-corrected chi connectivity index (χ0v) is 45.8. The first-order valence-electron chi connectivity index (χ1n) is 25.7. The van der Waals surface area contributed by atoms with Crippen LogP contribution in [-0.4, -0.2) is 88.6 Å². The van der Waals surface area contributed by atoms with E-state index in [0.29, 0.717) is 30.9 Å².